The molecule has 6 heteroatoms. The van der Waals surface area contributed by atoms with Gasteiger partial charge in [-0.15, -0.1) is 0 Å². The Morgan fingerprint density at radius 1 is 1.16 bits per heavy atom. The molecule has 0 saturated heterocycles. The Hall–Kier alpha value is -3.15. The second-order valence-corrected chi connectivity index (χ2v) is 6.03. The largest absolute Gasteiger partial charge is 0.326 e. The van der Waals surface area contributed by atoms with E-state index in [1.807, 2.05) is 25.1 Å². The predicted octanol–water partition coefficient (Wildman–Crippen LogP) is 2.70. The third-order valence-electron chi connectivity index (χ3n) is 4.06. The summed E-state index contributed by atoms with van der Waals surface area (Å²) in [5.41, 5.74) is 2.85. The van der Waals surface area contributed by atoms with E-state index in [1.165, 1.54) is 11.8 Å². The van der Waals surface area contributed by atoms with Crippen LogP contribution >= 0.6 is 0 Å². The summed E-state index contributed by atoms with van der Waals surface area (Å²) >= 11 is 0. The van der Waals surface area contributed by atoms with Crippen LogP contribution in [0.4, 0.5) is 17.1 Å². The molecule has 3 rings (SSSR count). The molecule has 6 nitrogen and oxygen atoms in total. The van der Waals surface area contributed by atoms with Crippen molar-refractivity contribution in [2.45, 2.75) is 26.3 Å². The fourth-order valence-electron chi connectivity index (χ4n) is 2.97. The Kier molecular flexibility index (Phi) is 4.52. The minimum atomic E-state index is -0.878. The van der Waals surface area contributed by atoms with Gasteiger partial charge in [0.25, 0.3) is 0 Å². The lowest BCUT2D eigenvalue weighted by Crippen LogP contribution is -2.51. The lowest BCUT2D eigenvalue weighted by atomic mass is 10.0. The molecule has 0 unspecified atom stereocenters. The maximum absolute atomic E-state index is 12.4. The van der Waals surface area contributed by atoms with Gasteiger partial charge in [-0.2, -0.15) is 0 Å². The van der Waals surface area contributed by atoms with Crippen LogP contribution < -0.4 is 15.5 Å². The van der Waals surface area contributed by atoms with Crippen LogP contribution in [0.3, 0.4) is 0 Å². The number of rotatable bonds is 3. The van der Waals surface area contributed by atoms with E-state index in [9.17, 15) is 14.4 Å². The van der Waals surface area contributed by atoms with Crippen molar-refractivity contribution in [2.75, 3.05) is 15.5 Å². The van der Waals surface area contributed by atoms with Crippen LogP contribution in [0.25, 0.3) is 0 Å². The van der Waals surface area contributed by atoms with Gasteiger partial charge in [0.05, 0.1) is 17.8 Å². The highest BCUT2D eigenvalue weighted by atomic mass is 16.2. The lowest BCUT2D eigenvalue weighted by Gasteiger charge is -2.35. The summed E-state index contributed by atoms with van der Waals surface area (Å²) in [7, 11) is 0. The Labute approximate surface area is 145 Å². The number of carbonyl (C=O) groups is 3. The molecule has 0 aromatic heterocycles. The summed E-state index contributed by atoms with van der Waals surface area (Å²) in [6.45, 7) is 3.32. The number of carbonyl (C=O) groups excluding carboxylic acids is 3. The van der Waals surface area contributed by atoms with Gasteiger partial charge in [-0.3, -0.25) is 19.3 Å². The number of hydrogen-bond acceptors (Lipinski definition) is 3. The van der Waals surface area contributed by atoms with E-state index in [0.29, 0.717) is 17.1 Å². The summed E-state index contributed by atoms with van der Waals surface area (Å²) in [4.78, 5) is 38.3. The lowest BCUT2D eigenvalue weighted by molar-refractivity contribution is -0.125. The smallest absolute Gasteiger partial charge is 0.248 e. The average Bonchev–Trinajstić information content (AvgIpc) is 2.55. The summed E-state index contributed by atoms with van der Waals surface area (Å²) in [5.74, 6) is -0.972. The summed E-state index contributed by atoms with van der Waals surface area (Å²) < 4.78 is 0. The van der Waals surface area contributed by atoms with Crippen molar-refractivity contribution in [1.82, 2.24) is 0 Å². The molecule has 0 radical (unpaired) electrons. The van der Waals surface area contributed by atoms with Crippen LogP contribution in [-0.4, -0.2) is 23.8 Å². The molecule has 1 aliphatic rings. The number of amides is 3. The molecule has 0 spiro atoms. The number of anilines is 3. The van der Waals surface area contributed by atoms with Gasteiger partial charge in [0.15, 0.2) is 0 Å². The van der Waals surface area contributed by atoms with E-state index in [0.717, 1.165) is 5.56 Å². The average molecular weight is 337 g/mol. The summed E-state index contributed by atoms with van der Waals surface area (Å²) in [6.07, 6.45) is -0.117. The Morgan fingerprint density at radius 2 is 1.92 bits per heavy atom. The highest BCUT2D eigenvalue weighted by Gasteiger charge is 2.36. The Morgan fingerprint density at radius 3 is 2.64 bits per heavy atom. The van der Waals surface area contributed by atoms with Gasteiger partial charge in [0, 0.05) is 12.6 Å². The van der Waals surface area contributed by atoms with Crippen LogP contribution in [0.1, 0.15) is 18.9 Å². The molecule has 1 aliphatic heterocycles. The zero-order valence-corrected chi connectivity index (χ0v) is 14.1. The van der Waals surface area contributed by atoms with Crippen LogP contribution in [0.15, 0.2) is 48.5 Å². The standard InChI is InChI=1S/C19H19N3O3/c1-12-6-5-7-14(10-12)20-18(24)11-17-19(25)21-15-8-3-4-9-16(15)22(17)13(2)23/h3-10,17H,11H2,1-2H3,(H,20,24)(H,21,25)/t17-/m0/s1. The molecule has 0 bridgehead atoms. The van der Waals surface area contributed by atoms with Gasteiger partial charge in [0.2, 0.25) is 17.7 Å². The summed E-state index contributed by atoms with van der Waals surface area (Å²) in [6, 6.07) is 13.6. The molecule has 25 heavy (non-hydrogen) atoms. The molecule has 2 aromatic carbocycles. The third-order valence-corrected chi connectivity index (χ3v) is 4.06. The zero-order valence-electron chi connectivity index (χ0n) is 14.1. The second kappa shape index (κ2) is 6.76. The fraction of sp³-hybridized carbons (Fsp3) is 0.211. The topological polar surface area (TPSA) is 78.5 Å². The normalized spacial score (nSPS) is 16.0. The van der Waals surface area contributed by atoms with Gasteiger partial charge < -0.3 is 10.6 Å². The van der Waals surface area contributed by atoms with Crippen molar-refractivity contribution >= 4 is 34.8 Å². The molecule has 0 aliphatic carbocycles. The van der Waals surface area contributed by atoms with Gasteiger partial charge in [-0.1, -0.05) is 24.3 Å². The van der Waals surface area contributed by atoms with E-state index in [1.54, 1.807) is 30.3 Å². The number of nitrogens with zero attached hydrogens (tertiary/aromatic N) is 1. The first-order chi connectivity index (χ1) is 12.0. The maximum Gasteiger partial charge on any atom is 0.248 e. The van der Waals surface area contributed by atoms with Crippen LogP contribution in [0.2, 0.25) is 0 Å². The number of nitrogens with one attached hydrogen (secondary N) is 2. The van der Waals surface area contributed by atoms with Crippen LogP contribution in [0, 0.1) is 6.92 Å². The zero-order chi connectivity index (χ0) is 18.0. The number of aryl methyl sites for hydroxylation is 1. The van der Waals surface area contributed by atoms with E-state index < -0.39 is 6.04 Å². The maximum atomic E-state index is 12.4. The number of para-hydroxylation sites is 2. The molecule has 1 atom stereocenters. The second-order valence-electron chi connectivity index (χ2n) is 6.03. The first-order valence-corrected chi connectivity index (χ1v) is 8.02. The molecule has 3 amide bonds. The van der Waals surface area contributed by atoms with Gasteiger partial charge in [-0.05, 0) is 36.8 Å². The monoisotopic (exact) mass is 337 g/mol. The number of fused-ring (bicyclic) bond motifs is 1. The fourth-order valence-corrected chi connectivity index (χ4v) is 2.97. The van der Waals surface area contributed by atoms with Gasteiger partial charge in [-0.25, -0.2) is 0 Å². The van der Waals surface area contributed by atoms with Crippen LogP contribution in [0.5, 0.6) is 0 Å². The molecule has 1 heterocycles. The quantitative estimate of drug-likeness (QED) is 0.904. The van der Waals surface area contributed by atoms with E-state index in [-0.39, 0.29) is 24.1 Å². The Balaban J connectivity index is 1.82. The highest BCUT2D eigenvalue weighted by molar-refractivity contribution is 6.13. The number of benzene rings is 2. The molecular formula is C19H19N3O3. The van der Waals surface area contributed by atoms with Crippen molar-refractivity contribution in [3.8, 4) is 0 Å². The minimum absolute atomic E-state index is 0.117. The van der Waals surface area contributed by atoms with E-state index in [4.69, 9.17) is 0 Å². The van der Waals surface area contributed by atoms with Crippen LogP contribution in [-0.2, 0) is 14.4 Å². The Bertz CT molecular complexity index is 847. The van der Waals surface area contributed by atoms with E-state index in [2.05, 4.69) is 10.6 Å². The molecular weight excluding hydrogens is 318 g/mol. The SMILES string of the molecule is CC(=O)N1c2ccccc2NC(=O)[C@@H]1CC(=O)Nc1cccc(C)c1. The minimum Gasteiger partial charge on any atom is -0.326 e. The third kappa shape index (κ3) is 3.52. The molecule has 0 fully saturated rings. The molecule has 0 saturated carbocycles. The molecule has 2 N–H and O–H groups in total. The van der Waals surface area contributed by atoms with Crippen molar-refractivity contribution in [1.29, 1.82) is 0 Å². The van der Waals surface area contributed by atoms with Gasteiger partial charge >= 0.3 is 0 Å². The predicted molar refractivity (Wildman–Crippen MR) is 96.4 cm³/mol. The first-order valence-electron chi connectivity index (χ1n) is 8.02. The van der Waals surface area contributed by atoms with Crippen molar-refractivity contribution in [3.05, 3.63) is 54.1 Å². The van der Waals surface area contributed by atoms with Crippen molar-refractivity contribution < 1.29 is 14.4 Å². The van der Waals surface area contributed by atoms with E-state index >= 15 is 0 Å². The van der Waals surface area contributed by atoms with Crippen molar-refractivity contribution in [2.24, 2.45) is 0 Å². The molecule has 128 valence electrons. The van der Waals surface area contributed by atoms with Gasteiger partial charge in [0.1, 0.15) is 6.04 Å². The highest BCUT2D eigenvalue weighted by Crippen LogP contribution is 2.32. The summed E-state index contributed by atoms with van der Waals surface area (Å²) in [5, 5.41) is 5.54. The molecule has 2 aromatic rings. The number of hydrogen-bond donors (Lipinski definition) is 2. The first kappa shape index (κ1) is 16.7. The van der Waals surface area contributed by atoms with Crippen molar-refractivity contribution in [3.63, 3.8) is 0 Å².